The zero-order chi connectivity index (χ0) is 27.7. The highest BCUT2D eigenvalue weighted by Crippen LogP contribution is 2.37. The number of benzene rings is 3. The first-order valence-electron chi connectivity index (χ1n) is 13.2. The largest absolute Gasteiger partial charge is 0.494 e. The van der Waals surface area contributed by atoms with Gasteiger partial charge in [-0.05, 0) is 66.1 Å². The third kappa shape index (κ3) is 8.45. The van der Waals surface area contributed by atoms with Crippen molar-refractivity contribution in [2.24, 2.45) is 0 Å². The number of alkyl halides is 3. The van der Waals surface area contributed by atoms with Gasteiger partial charge in [0.2, 0.25) is 0 Å². The molecule has 4 rings (SSSR count). The van der Waals surface area contributed by atoms with Crippen molar-refractivity contribution < 1.29 is 17.9 Å². The summed E-state index contributed by atoms with van der Waals surface area (Å²) in [5.41, 5.74) is 2.10. The molecule has 39 heavy (non-hydrogen) atoms. The second kappa shape index (κ2) is 14.2. The summed E-state index contributed by atoms with van der Waals surface area (Å²) in [6.07, 6.45) is 4.89. The van der Waals surface area contributed by atoms with Crippen LogP contribution in [0.25, 0.3) is 0 Å². The number of hydrogen-bond donors (Lipinski definition) is 0. The predicted molar refractivity (Wildman–Crippen MR) is 158 cm³/mol. The Bertz CT molecular complexity index is 1280. The molecule has 0 radical (unpaired) electrons. The lowest BCUT2D eigenvalue weighted by Gasteiger charge is -2.30. The van der Waals surface area contributed by atoms with E-state index in [2.05, 4.69) is 54.1 Å². The van der Waals surface area contributed by atoms with Crippen molar-refractivity contribution >= 4 is 25.5 Å². The number of nitrogens with zero attached hydrogens (tertiary/aromatic N) is 1. The molecule has 7 heteroatoms. The van der Waals surface area contributed by atoms with E-state index < -0.39 is 11.7 Å². The van der Waals surface area contributed by atoms with E-state index in [4.69, 9.17) is 16.3 Å². The molecule has 1 aliphatic carbocycles. The summed E-state index contributed by atoms with van der Waals surface area (Å²) in [4.78, 5) is 2.20. The van der Waals surface area contributed by atoms with Crippen LogP contribution < -0.4 is 10.0 Å². The van der Waals surface area contributed by atoms with Crippen molar-refractivity contribution in [1.29, 1.82) is 0 Å². The van der Waals surface area contributed by atoms with Crippen LogP contribution in [0.3, 0.4) is 0 Å². The van der Waals surface area contributed by atoms with Gasteiger partial charge >= 0.3 is 6.18 Å². The van der Waals surface area contributed by atoms with Gasteiger partial charge in [-0.25, -0.2) is 0 Å². The molecule has 0 fully saturated rings. The average Bonchev–Trinajstić information content (AvgIpc) is 2.95. The minimum atomic E-state index is -4.50. The van der Waals surface area contributed by atoms with Crippen molar-refractivity contribution in [2.45, 2.75) is 37.9 Å². The molecule has 1 aliphatic rings. The van der Waals surface area contributed by atoms with Crippen molar-refractivity contribution in [3.8, 4) is 5.75 Å². The van der Waals surface area contributed by atoms with Crippen LogP contribution in [0.2, 0.25) is 5.02 Å². The van der Waals surface area contributed by atoms with E-state index in [1.165, 1.54) is 22.5 Å². The summed E-state index contributed by atoms with van der Waals surface area (Å²) in [5, 5.41) is 1.02. The van der Waals surface area contributed by atoms with Crippen LogP contribution in [0, 0.1) is 0 Å². The number of ether oxygens (including phenoxy) is 1. The van der Waals surface area contributed by atoms with Crippen LogP contribution in [-0.4, -0.2) is 31.3 Å². The molecule has 3 aromatic carbocycles. The summed E-state index contributed by atoms with van der Waals surface area (Å²) in [7, 11) is 0.698. The Labute approximate surface area is 236 Å². The van der Waals surface area contributed by atoms with Gasteiger partial charge in [0, 0.05) is 25.6 Å². The first-order chi connectivity index (χ1) is 18.8. The Kier molecular flexibility index (Phi) is 10.7. The van der Waals surface area contributed by atoms with Gasteiger partial charge in [-0.2, -0.15) is 13.2 Å². The van der Waals surface area contributed by atoms with Gasteiger partial charge < -0.3 is 4.74 Å². The first-order valence-corrected chi connectivity index (χ1v) is 15.1. The van der Waals surface area contributed by atoms with Crippen molar-refractivity contribution in [2.75, 3.05) is 26.4 Å². The fourth-order valence-corrected chi connectivity index (χ4v) is 5.70. The smallest absolute Gasteiger partial charge is 0.417 e. The highest BCUT2D eigenvalue weighted by molar-refractivity contribution is 7.46. The third-order valence-electron chi connectivity index (χ3n) is 6.86. The molecule has 0 bridgehead atoms. The average molecular weight is 572 g/mol. The standard InChI is InChI=1S/C32H34ClF3NOP/c1-39-28-17-9-16-27(21-28)38-20-10-19-37(22-26-15-8-18-30(31(26)33)32(34,35)36)23-29(24-11-4-2-5-12-24)25-13-6-3-7-14-25/h2,4-6,8-9,11-18,21,29,39H,3,7,10,19-20,22-23H2,1H3. The Balaban J connectivity index is 1.55. The minimum Gasteiger partial charge on any atom is -0.494 e. The predicted octanol–water partition coefficient (Wildman–Crippen LogP) is 8.62. The van der Waals surface area contributed by atoms with Crippen LogP contribution in [0.5, 0.6) is 5.75 Å². The topological polar surface area (TPSA) is 12.5 Å². The third-order valence-corrected chi connectivity index (χ3v) is 8.19. The van der Waals surface area contributed by atoms with Gasteiger partial charge in [0.05, 0.1) is 17.2 Å². The van der Waals surface area contributed by atoms with Gasteiger partial charge in [-0.15, -0.1) is 0 Å². The van der Waals surface area contributed by atoms with Crippen molar-refractivity contribution in [3.63, 3.8) is 0 Å². The molecule has 0 aromatic heterocycles. The summed E-state index contributed by atoms with van der Waals surface area (Å²) >= 11 is 6.32. The second-order valence-electron chi connectivity index (χ2n) is 9.64. The van der Waals surface area contributed by atoms with E-state index in [1.54, 1.807) is 6.07 Å². The number of rotatable bonds is 12. The molecule has 0 aliphatic heterocycles. The zero-order valence-corrected chi connectivity index (χ0v) is 23.8. The van der Waals surface area contributed by atoms with E-state index in [1.807, 2.05) is 30.3 Å². The van der Waals surface area contributed by atoms with Gasteiger partial charge in [-0.1, -0.05) is 93.0 Å². The normalized spacial score (nSPS) is 14.7. The zero-order valence-electron chi connectivity index (χ0n) is 22.1. The van der Waals surface area contributed by atoms with E-state index in [9.17, 15) is 13.2 Å². The Morgan fingerprint density at radius 2 is 1.79 bits per heavy atom. The molecule has 0 N–H and O–H groups in total. The Morgan fingerprint density at radius 3 is 2.51 bits per heavy atom. The number of halogens is 4. The molecule has 0 spiro atoms. The van der Waals surface area contributed by atoms with Crippen molar-refractivity contribution in [1.82, 2.24) is 4.90 Å². The summed E-state index contributed by atoms with van der Waals surface area (Å²) in [6, 6.07) is 22.6. The van der Waals surface area contributed by atoms with E-state index >= 15 is 0 Å². The SMILES string of the molecule is CPc1cccc(OCCCN(Cc2cccc(C(F)(F)F)c2Cl)CC(C2=CCCC=C2)c2ccccc2)c1. The van der Waals surface area contributed by atoms with Crippen LogP contribution >= 0.6 is 20.2 Å². The van der Waals surface area contributed by atoms with Crippen LogP contribution in [0.15, 0.2) is 96.6 Å². The molecule has 206 valence electrons. The van der Waals surface area contributed by atoms with E-state index in [-0.39, 0.29) is 10.9 Å². The summed E-state index contributed by atoms with van der Waals surface area (Å²) in [6.45, 7) is 4.27. The number of allylic oxidation sites excluding steroid dienone is 3. The maximum Gasteiger partial charge on any atom is 0.417 e. The lowest BCUT2D eigenvalue weighted by atomic mass is 9.87. The quantitative estimate of drug-likeness (QED) is 0.159. The Hall–Kier alpha value is -2.59. The minimum absolute atomic E-state index is 0.0930. The molecule has 2 atom stereocenters. The molecule has 2 nitrogen and oxygen atoms in total. The van der Waals surface area contributed by atoms with Crippen LogP contribution in [-0.2, 0) is 12.7 Å². The van der Waals surface area contributed by atoms with Crippen LogP contribution in [0.4, 0.5) is 13.2 Å². The molecule has 0 heterocycles. The molecular weight excluding hydrogens is 538 g/mol. The fourth-order valence-electron chi connectivity index (χ4n) is 4.86. The lowest BCUT2D eigenvalue weighted by molar-refractivity contribution is -0.137. The molecule has 3 aromatic rings. The summed E-state index contributed by atoms with van der Waals surface area (Å²) < 4.78 is 46.7. The highest BCUT2D eigenvalue weighted by Gasteiger charge is 2.34. The molecule has 2 unspecified atom stereocenters. The van der Waals surface area contributed by atoms with E-state index in [0.717, 1.165) is 31.1 Å². The maximum atomic E-state index is 13.6. The van der Waals surface area contributed by atoms with E-state index in [0.29, 0.717) is 40.4 Å². The van der Waals surface area contributed by atoms with Crippen molar-refractivity contribution in [3.05, 3.63) is 118 Å². The second-order valence-corrected chi connectivity index (χ2v) is 11.1. The molecule has 0 saturated heterocycles. The molecule has 0 amide bonds. The van der Waals surface area contributed by atoms with Gasteiger partial charge in [0.15, 0.2) is 0 Å². The first kappa shape index (κ1) is 29.4. The van der Waals surface area contributed by atoms with Gasteiger partial charge in [0.25, 0.3) is 0 Å². The fraction of sp³-hybridized carbons (Fsp3) is 0.312. The van der Waals surface area contributed by atoms with Gasteiger partial charge in [-0.3, -0.25) is 4.90 Å². The monoisotopic (exact) mass is 571 g/mol. The molecule has 0 saturated carbocycles. The maximum absolute atomic E-state index is 13.6. The highest BCUT2D eigenvalue weighted by atomic mass is 35.5. The van der Waals surface area contributed by atoms with Gasteiger partial charge in [0.1, 0.15) is 5.75 Å². The lowest BCUT2D eigenvalue weighted by Crippen LogP contribution is -2.31. The Morgan fingerprint density at radius 1 is 1.00 bits per heavy atom. The van der Waals surface area contributed by atoms with Crippen LogP contribution in [0.1, 0.15) is 41.9 Å². The summed E-state index contributed by atoms with van der Waals surface area (Å²) in [5.74, 6) is 0.935. The molecular formula is C32H34ClF3NOP. The number of hydrogen-bond acceptors (Lipinski definition) is 2.